The highest BCUT2D eigenvalue weighted by molar-refractivity contribution is 5.89. The average molecular weight is 349 g/mol. The lowest BCUT2D eigenvalue weighted by Gasteiger charge is -2.11. The number of esters is 1. The van der Waals surface area contributed by atoms with E-state index in [-0.39, 0.29) is 12.3 Å². The lowest BCUT2D eigenvalue weighted by Crippen LogP contribution is -2.10. The second kappa shape index (κ2) is 6.04. The number of carbonyl (C=O) groups excluding carboxylic acids is 1. The number of terminal acetylenes is 1. The number of rotatable bonds is 3. The van der Waals surface area contributed by atoms with E-state index in [0.29, 0.717) is 29.3 Å². The molecule has 4 rings (SSSR count). The Morgan fingerprint density at radius 2 is 2.19 bits per heavy atom. The molecule has 0 N–H and O–H groups in total. The monoisotopic (exact) mass is 349 g/mol. The van der Waals surface area contributed by atoms with Gasteiger partial charge in [0.1, 0.15) is 12.1 Å². The smallest absolute Gasteiger partial charge is 0.358 e. The quantitative estimate of drug-likeness (QED) is 0.412. The van der Waals surface area contributed by atoms with Gasteiger partial charge >= 0.3 is 5.97 Å². The number of benzene rings is 1. The molecule has 26 heavy (non-hydrogen) atoms. The molecular formula is C18H15N5O3. The van der Waals surface area contributed by atoms with E-state index in [1.54, 1.807) is 25.0 Å². The molecule has 130 valence electrons. The van der Waals surface area contributed by atoms with E-state index in [9.17, 15) is 4.79 Å². The molecule has 1 aliphatic heterocycles. The number of fused-ring (bicyclic) bond motifs is 5. The van der Waals surface area contributed by atoms with Gasteiger partial charge in [-0.25, -0.2) is 14.5 Å². The topological polar surface area (TPSA) is 84.1 Å². The van der Waals surface area contributed by atoms with Gasteiger partial charge in [0.25, 0.3) is 0 Å². The van der Waals surface area contributed by atoms with Crippen molar-refractivity contribution in [2.75, 3.05) is 13.7 Å². The van der Waals surface area contributed by atoms with Crippen LogP contribution in [0.15, 0.2) is 24.5 Å². The van der Waals surface area contributed by atoms with Crippen LogP contribution in [0.5, 0.6) is 5.75 Å². The number of methoxy groups -OCH3 is 1. The Balaban J connectivity index is 2.00. The van der Waals surface area contributed by atoms with Crippen LogP contribution in [0, 0.1) is 12.3 Å². The van der Waals surface area contributed by atoms with Crippen LogP contribution in [-0.4, -0.2) is 44.2 Å². The summed E-state index contributed by atoms with van der Waals surface area (Å²) >= 11 is 0. The molecule has 0 saturated carbocycles. The van der Waals surface area contributed by atoms with Gasteiger partial charge in [-0.15, -0.1) is 11.5 Å². The predicted octanol–water partition coefficient (Wildman–Crippen LogP) is 1.52. The third-order valence-corrected chi connectivity index (χ3v) is 4.24. The molecule has 8 nitrogen and oxygen atoms in total. The molecule has 1 aliphatic rings. The zero-order chi connectivity index (χ0) is 18.3. The van der Waals surface area contributed by atoms with E-state index < -0.39 is 5.97 Å². The summed E-state index contributed by atoms with van der Waals surface area (Å²) < 4.78 is 14.0. The fourth-order valence-corrected chi connectivity index (χ4v) is 3.05. The standard InChI is InChI=1S/C18H15N5O3/c1-4-12-14-9-16-17(18(24)26-5-2)19-10-22(16)13-7-6-11(25-3)8-15(13)23(14)21-20-12/h1,6-8,10H,5,9H2,2-3H3. The fraction of sp³-hybridized carbons (Fsp3) is 0.222. The minimum Gasteiger partial charge on any atom is -0.497 e. The maximum absolute atomic E-state index is 12.3. The first-order chi connectivity index (χ1) is 12.7. The number of hydrogen-bond acceptors (Lipinski definition) is 6. The van der Waals surface area contributed by atoms with Crippen molar-refractivity contribution < 1.29 is 14.3 Å². The number of imidazole rings is 1. The largest absolute Gasteiger partial charge is 0.497 e. The van der Waals surface area contributed by atoms with Crippen molar-refractivity contribution in [1.29, 1.82) is 0 Å². The Morgan fingerprint density at radius 3 is 2.92 bits per heavy atom. The highest BCUT2D eigenvalue weighted by Gasteiger charge is 2.28. The lowest BCUT2D eigenvalue weighted by atomic mass is 10.1. The van der Waals surface area contributed by atoms with Gasteiger partial charge in [0, 0.05) is 12.5 Å². The van der Waals surface area contributed by atoms with Crippen molar-refractivity contribution in [3.8, 4) is 29.5 Å². The highest BCUT2D eigenvalue weighted by Crippen LogP contribution is 2.32. The van der Waals surface area contributed by atoms with Crippen LogP contribution in [0.2, 0.25) is 0 Å². The summed E-state index contributed by atoms with van der Waals surface area (Å²) in [5.74, 6) is 2.74. The Morgan fingerprint density at radius 1 is 1.35 bits per heavy atom. The molecule has 2 aromatic heterocycles. The van der Waals surface area contributed by atoms with Crippen LogP contribution >= 0.6 is 0 Å². The molecule has 3 aromatic rings. The van der Waals surface area contributed by atoms with Crippen molar-refractivity contribution in [2.24, 2.45) is 0 Å². The summed E-state index contributed by atoms with van der Waals surface area (Å²) in [6.45, 7) is 2.03. The van der Waals surface area contributed by atoms with Crippen LogP contribution in [-0.2, 0) is 11.2 Å². The highest BCUT2D eigenvalue weighted by atomic mass is 16.5. The van der Waals surface area contributed by atoms with Gasteiger partial charge in [-0.2, -0.15) is 0 Å². The average Bonchev–Trinajstić information content (AvgIpc) is 3.23. The second-order valence-electron chi connectivity index (χ2n) is 5.60. The Labute approximate surface area is 149 Å². The van der Waals surface area contributed by atoms with Crippen molar-refractivity contribution >= 4 is 5.97 Å². The minimum atomic E-state index is -0.473. The van der Waals surface area contributed by atoms with Crippen molar-refractivity contribution in [3.05, 3.63) is 47.3 Å². The Hall–Kier alpha value is -3.60. The maximum Gasteiger partial charge on any atom is 0.358 e. The zero-order valence-corrected chi connectivity index (χ0v) is 14.3. The van der Waals surface area contributed by atoms with Crippen molar-refractivity contribution in [3.63, 3.8) is 0 Å². The van der Waals surface area contributed by atoms with Crippen LogP contribution < -0.4 is 4.74 Å². The lowest BCUT2D eigenvalue weighted by molar-refractivity contribution is 0.0519. The SMILES string of the molecule is C#Cc1nnn2c1Cc1c(C(=O)OCC)ncn1-c1ccc(OC)cc1-2. The summed E-state index contributed by atoms with van der Waals surface area (Å²) in [6, 6.07) is 5.55. The van der Waals surface area contributed by atoms with Crippen LogP contribution in [0.25, 0.3) is 11.4 Å². The van der Waals surface area contributed by atoms with Gasteiger partial charge in [-0.3, -0.25) is 4.57 Å². The van der Waals surface area contributed by atoms with Crippen molar-refractivity contribution in [2.45, 2.75) is 13.3 Å². The molecule has 0 radical (unpaired) electrons. The summed E-state index contributed by atoms with van der Waals surface area (Å²) in [6.07, 6.45) is 7.53. The van der Waals surface area contributed by atoms with Crippen LogP contribution in [0.4, 0.5) is 0 Å². The van der Waals surface area contributed by atoms with Gasteiger partial charge in [0.05, 0.1) is 36.5 Å². The van der Waals surface area contributed by atoms with Crippen LogP contribution in [0.3, 0.4) is 0 Å². The molecule has 3 heterocycles. The number of carbonyl (C=O) groups is 1. The summed E-state index contributed by atoms with van der Waals surface area (Å²) in [5, 5.41) is 8.27. The molecule has 0 bridgehead atoms. The third-order valence-electron chi connectivity index (χ3n) is 4.24. The van der Waals surface area contributed by atoms with Crippen molar-refractivity contribution in [1.82, 2.24) is 24.5 Å². The van der Waals surface area contributed by atoms with Gasteiger partial charge in [-0.1, -0.05) is 5.21 Å². The number of ether oxygens (including phenoxy) is 2. The van der Waals surface area contributed by atoms with E-state index >= 15 is 0 Å². The van der Waals surface area contributed by atoms with Crippen LogP contribution in [0.1, 0.15) is 34.5 Å². The molecule has 1 aromatic carbocycles. The second-order valence-corrected chi connectivity index (χ2v) is 5.60. The van der Waals surface area contributed by atoms with Gasteiger partial charge in [-0.05, 0) is 25.0 Å². The molecular weight excluding hydrogens is 334 g/mol. The minimum absolute atomic E-state index is 0.256. The molecule has 0 aliphatic carbocycles. The normalized spacial score (nSPS) is 11.6. The van der Waals surface area contributed by atoms with E-state index in [4.69, 9.17) is 15.9 Å². The first kappa shape index (κ1) is 15.9. The van der Waals surface area contributed by atoms with E-state index in [1.165, 1.54) is 0 Å². The predicted molar refractivity (Wildman–Crippen MR) is 91.7 cm³/mol. The summed E-state index contributed by atoms with van der Waals surface area (Å²) in [7, 11) is 1.59. The zero-order valence-electron chi connectivity index (χ0n) is 14.3. The first-order valence-electron chi connectivity index (χ1n) is 8.01. The first-order valence-corrected chi connectivity index (χ1v) is 8.01. The molecule has 0 unspecified atom stereocenters. The Bertz CT molecular complexity index is 1060. The number of aromatic nitrogens is 5. The molecule has 0 atom stereocenters. The Kier molecular flexibility index (Phi) is 3.69. The molecule has 0 fully saturated rings. The van der Waals surface area contributed by atoms with E-state index in [0.717, 1.165) is 11.4 Å². The van der Waals surface area contributed by atoms with E-state index in [2.05, 4.69) is 21.2 Å². The van der Waals surface area contributed by atoms with Gasteiger partial charge < -0.3 is 9.47 Å². The van der Waals surface area contributed by atoms with Gasteiger partial charge in [0.2, 0.25) is 0 Å². The maximum atomic E-state index is 12.3. The molecule has 0 amide bonds. The summed E-state index contributed by atoms with van der Waals surface area (Å²) in [4.78, 5) is 16.6. The number of nitrogens with zero attached hydrogens (tertiary/aromatic N) is 5. The molecule has 0 saturated heterocycles. The molecule has 8 heteroatoms. The number of hydrogen-bond donors (Lipinski definition) is 0. The fourth-order valence-electron chi connectivity index (χ4n) is 3.05. The van der Waals surface area contributed by atoms with E-state index in [1.807, 2.05) is 22.8 Å². The molecule has 0 spiro atoms. The van der Waals surface area contributed by atoms with Gasteiger partial charge in [0.15, 0.2) is 11.4 Å². The third kappa shape index (κ3) is 2.25. The summed E-state index contributed by atoms with van der Waals surface area (Å²) in [5.41, 5.74) is 3.57.